The van der Waals surface area contributed by atoms with Crippen LogP contribution < -0.4 is 5.32 Å². The number of amides is 2. The number of nitriles is 1. The lowest BCUT2D eigenvalue weighted by atomic mass is 10.00. The van der Waals surface area contributed by atoms with Gasteiger partial charge in [-0.05, 0) is 42.3 Å². The summed E-state index contributed by atoms with van der Waals surface area (Å²) in [6.07, 6.45) is -0.815. The highest BCUT2D eigenvalue weighted by Gasteiger charge is 2.25. The van der Waals surface area contributed by atoms with Gasteiger partial charge in [-0.15, -0.1) is 0 Å². The number of hydrogen-bond acceptors (Lipinski definition) is 6. The Balaban J connectivity index is 1.56. The van der Waals surface area contributed by atoms with Crippen LogP contribution in [0.2, 0.25) is 0 Å². The number of ether oxygens (including phenoxy) is 1. The number of hydrogen-bond donors (Lipinski definition) is 1. The molecule has 2 amide bonds. The van der Waals surface area contributed by atoms with Crippen molar-refractivity contribution in [2.45, 2.75) is 25.9 Å². The molecule has 2 heterocycles. The highest BCUT2D eigenvalue weighted by atomic mass is 16.6. The van der Waals surface area contributed by atoms with Gasteiger partial charge in [-0.2, -0.15) is 5.26 Å². The maximum atomic E-state index is 12.7. The Morgan fingerprint density at radius 1 is 1.32 bits per heavy atom. The molecular formula is C23H22N4O4. The third-order valence-corrected chi connectivity index (χ3v) is 5.22. The smallest absolute Gasteiger partial charge is 0.407 e. The average Bonchev–Trinajstić information content (AvgIpc) is 3.38. The van der Waals surface area contributed by atoms with Crippen LogP contribution in [0.3, 0.4) is 0 Å². The number of carbonyl (C=O) groups is 2. The maximum absolute atomic E-state index is 12.7. The summed E-state index contributed by atoms with van der Waals surface area (Å²) in [5, 5.41) is 11.9. The van der Waals surface area contributed by atoms with Gasteiger partial charge in [0.15, 0.2) is 5.58 Å². The zero-order valence-corrected chi connectivity index (χ0v) is 17.5. The first-order valence-corrected chi connectivity index (χ1v) is 10.0. The van der Waals surface area contributed by atoms with Crippen LogP contribution in [0.1, 0.15) is 41.3 Å². The number of carbonyl (C=O) groups excluding carboxylic acids is 2. The van der Waals surface area contributed by atoms with Gasteiger partial charge in [0.05, 0.1) is 24.7 Å². The SMILES string of the molecule is CC(C)c1cc(C#N)cc2nc(-c3ccc(C(=O)N(C)CC4CNC(=O)O4)cc3)oc12. The largest absolute Gasteiger partial charge is 0.442 e. The fourth-order valence-corrected chi connectivity index (χ4v) is 3.57. The van der Waals surface area contributed by atoms with Crippen LogP contribution >= 0.6 is 0 Å². The van der Waals surface area contributed by atoms with E-state index in [-0.39, 0.29) is 17.9 Å². The number of oxazole rings is 1. The standard InChI is InChI=1S/C23H22N4O4/c1-13(2)18-8-14(10-24)9-19-20(18)31-21(26-19)15-4-6-16(7-5-15)22(28)27(3)12-17-11-25-23(29)30-17/h4-9,13,17H,11-12H2,1-3H3,(H,25,29). The molecule has 1 saturated heterocycles. The van der Waals surface area contributed by atoms with Gasteiger partial charge in [0.25, 0.3) is 5.91 Å². The molecule has 31 heavy (non-hydrogen) atoms. The van der Waals surface area contributed by atoms with Crippen molar-refractivity contribution in [2.75, 3.05) is 20.1 Å². The van der Waals surface area contributed by atoms with Crippen LogP contribution in [0.5, 0.6) is 0 Å². The van der Waals surface area contributed by atoms with Gasteiger partial charge < -0.3 is 19.4 Å². The Bertz CT molecular complexity index is 1190. The molecule has 158 valence electrons. The number of benzene rings is 2. The molecule has 1 aliphatic rings. The number of nitrogens with one attached hydrogen (secondary N) is 1. The molecule has 1 unspecified atom stereocenters. The van der Waals surface area contributed by atoms with Crippen LogP contribution in [0.15, 0.2) is 40.8 Å². The normalized spacial score (nSPS) is 15.6. The molecule has 4 rings (SSSR count). The first-order chi connectivity index (χ1) is 14.9. The monoisotopic (exact) mass is 418 g/mol. The zero-order valence-electron chi connectivity index (χ0n) is 17.5. The van der Waals surface area contributed by atoms with Crippen molar-refractivity contribution in [3.63, 3.8) is 0 Å². The topological polar surface area (TPSA) is 108 Å². The summed E-state index contributed by atoms with van der Waals surface area (Å²) in [5.41, 5.74) is 4.03. The maximum Gasteiger partial charge on any atom is 0.407 e. The Labute approximate surface area is 179 Å². The third-order valence-electron chi connectivity index (χ3n) is 5.22. The van der Waals surface area contributed by atoms with Crippen molar-refractivity contribution in [1.29, 1.82) is 5.26 Å². The molecule has 3 aromatic rings. The molecule has 1 fully saturated rings. The minimum atomic E-state index is -0.462. The van der Waals surface area contributed by atoms with Gasteiger partial charge >= 0.3 is 6.09 Å². The zero-order chi connectivity index (χ0) is 22.1. The first kappa shape index (κ1) is 20.4. The number of fused-ring (bicyclic) bond motifs is 1. The molecule has 0 spiro atoms. The predicted molar refractivity (Wildman–Crippen MR) is 113 cm³/mol. The van der Waals surface area contributed by atoms with E-state index >= 15 is 0 Å². The van der Waals surface area contributed by atoms with E-state index in [1.807, 2.05) is 19.9 Å². The van der Waals surface area contributed by atoms with E-state index in [9.17, 15) is 14.9 Å². The lowest BCUT2D eigenvalue weighted by Gasteiger charge is -2.20. The quantitative estimate of drug-likeness (QED) is 0.677. The number of aromatic nitrogens is 1. The Hall–Kier alpha value is -3.86. The molecular weight excluding hydrogens is 396 g/mol. The molecule has 1 aliphatic heterocycles. The van der Waals surface area contributed by atoms with Crippen molar-refractivity contribution in [2.24, 2.45) is 0 Å². The fourth-order valence-electron chi connectivity index (χ4n) is 3.57. The van der Waals surface area contributed by atoms with Crippen molar-refractivity contribution in [3.05, 3.63) is 53.1 Å². The summed E-state index contributed by atoms with van der Waals surface area (Å²) in [6.45, 7) is 4.78. The Kier molecular flexibility index (Phi) is 5.34. The minimum Gasteiger partial charge on any atom is -0.442 e. The molecule has 1 atom stereocenters. The molecule has 0 radical (unpaired) electrons. The molecule has 2 aromatic carbocycles. The lowest BCUT2D eigenvalue weighted by molar-refractivity contribution is 0.0694. The molecule has 8 nitrogen and oxygen atoms in total. The van der Waals surface area contributed by atoms with Crippen LogP contribution in [0.25, 0.3) is 22.6 Å². The van der Waals surface area contributed by atoms with E-state index in [2.05, 4.69) is 16.4 Å². The van der Waals surface area contributed by atoms with Gasteiger partial charge in [0.2, 0.25) is 5.89 Å². The highest BCUT2D eigenvalue weighted by molar-refractivity contribution is 5.94. The van der Waals surface area contributed by atoms with Gasteiger partial charge in [-0.25, -0.2) is 9.78 Å². The van der Waals surface area contributed by atoms with Crippen molar-refractivity contribution in [1.82, 2.24) is 15.2 Å². The van der Waals surface area contributed by atoms with Crippen LogP contribution in [0, 0.1) is 11.3 Å². The highest BCUT2D eigenvalue weighted by Crippen LogP contribution is 2.31. The second-order valence-corrected chi connectivity index (χ2v) is 7.87. The summed E-state index contributed by atoms with van der Waals surface area (Å²) in [7, 11) is 1.67. The molecule has 1 aromatic heterocycles. The minimum absolute atomic E-state index is 0.173. The summed E-state index contributed by atoms with van der Waals surface area (Å²) >= 11 is 0. The summed E-state index contributed by atoms with van der Waals surface area (Å²) in [6, 6.07) is 12.7. The third kappa shape index (κ3) is 4.08. The summed E-state index contributed by atoms with van der Waals surface area (Å²) < 4.78 is 11.1. The van der Waals surface area contributed by atoms with E-state index in [0.29, 0.717) is 41.2 Å². The lowest BCUT2D eigenvalue weighted by Crippen LogP contribution is -2.35. The number of rotatable bonds is 5. The van der Waals surface area contributed by atoms with Crippen molar-refractivity contribution >= 4 is 23.1 Å². The Morgan fingerprint density at radius 2 is 2.06 bits per heavy atom. The molecule has 0 aliphatic carbocycles. The average molecular weight is 418 g/mol. The second kappa shape index (κ2) is 8.11. The second-order valence-electron chi connectivity index (χ2n) is 7.87. The van der Waals surface area contributed by atoms with Crippen molar-refractivity contribution < 1.29 is 18.7 Å². The molecule has 0 bridgehead atoms. The molecule has 8 heteroatoms. The van der Waals surface area contributed by atoms with Crippen molar-refractivity contribution in [3.8, 4) is 17.5 Å². The van der Waals surface area contributed by atoms with Crippen LogP contribution in [0.4, 0.5) is 4.79 Å². The molecule has 0 saturated carbocycles. The van der Waals surface area contributed by atoms with Gasteiger partial charge in [0, 0.05) is 23.7 Å². The van der Waals surface area contributed by atoms with Gasteiger partial charge in [0.1, 0.15) is 11.6 Å². The number of nitrogens with zero attached hydrogens (tertiary/aromatic N) is 3. The predicted octanol–water partition coefficient (Wildman–Crippen LogP) is 3.67. The number of likely N-dealkylation sites (N-methyl/N-ethyl adjacent to an activating group) is 1. The van der Waals surface area contributed by atoms with Gasteiger partial charge in [-0.3, -0.25) is 4.79 Å². The van der Waals surface area contributed by atoms with E-state index in [1.165, 1.54) is 4.90 Å². The summed E-state index contributed by atoms with van der Waals surface area (Å²) in [5.74, 6) is 0.442. The van der Waals surface area contributed by atoms with E-state index in [4.69, 9.17) is 9.15 Å². The van der Waals surface area contributed by atoms with E-state index in [1.54, 1.807) is 37.4 Å². The number of cyclic esters (lactones) is 1. The van der Waals surface area contributed by atoms with E-state index < -0.39 is 6.09 Å². The number of alkyl carbamates (subject to hydrolysis) is 1. The summed E-state index contributed by atoms with van der Waals surface area (Å²) in [4.78, 5) is 29.9. The first-order valence-electron chi connectivity index (χ1n) is 10.0. The Morgan fingerprint density at radius 3 is 2.68 bits per heavy atom. The van der Waals surface area contributed by atoms with Crippen LogP contribution in [-0.2, 0) is 4.74 Å². The van der Waals surface area contributed by atoms with E-state index in [0.717, 1.165) is 11.1 Å². The van der Waals surface area contributed by atoms with Crippen LogP contribution in [-0.4, -0.2) is 48.1 Å². The molecule has 1 N–H and O–H groups in total. The fraction of sp³-hybridized carbons (Fsp3) is 0.304. The van der Waals surface area contributed by atoms with Gasteiger partial charge in [-0.1, -0.05) is 13.8 Å².